The second-order valence-electron chi connectivity index (χ2n) is 10.0. The van der Waals surface area contributed by atoms with Crippen LogP contribution in [0.2, 0.25) is 0 Å². The van der Waals surface area contributed by atoms with Crippen LogP contribution in [0.1, 0.15) is 89.5 Å². The number of para-hydroxylation sites is 1. The average molecular weight is 553 g/mol. The third-order valence-electron chi connectivity index (χ3n) is 6.82. The second-order valence-corrected chi connectivity index (χ2v) is 10.8. The third kappa shape index (κ3) is 11.7. The predicted molar refractivity (Wildman–Crippen MR) is 162 cm³/mol. The normalized spacial score (nSPS) is 10.8. The molecule has 39 heavy (non-hydrogen) atoms. The van der Waals surface area contributed by atoms with E-state index in [1.807, 2.05) is 59.6 Å². The number of anilines is 2. The molecule has 3 aromatic rings. The van der Waals surface area contributed by atoms with Gasteiger partial charge in [-0.3, -0.25) is 0 Å². The molecule has 1 heterocycles. The molecule has 7 heteroatoms. The highest BCUT2D eigenvalue weighted by atomic mass is 32.1. The van der Waals surface area contributed by atoms with Gasteiger partial charge in [0.25, 0.3) is 0 Å². The number of carbonyl (C=O) groups excluding carboxylic acids is 1. The quantitative estimate of drug-likeness (QED) is 0.115. The number of aromatic nitrogens is 1. The van der Waals surface area contributed by atoms with E-state index >= 15 is 0 Å². The lowest BCUT2D eigenvalue weighted by molar-refractivity contribution is -0.683. The van der Waals surface area contributed by atoms with E-state index in [0.29, 0.717) is 30.3 Å². The van der Waals surface area contributed by atoms with Gasteiger partial charge in [0.05, 0.1) is 24.8 Å². The topological polar surface area (TPSA) is 63.5 Å². The van der Waals surface area contributed by atoms with Crippen LogP contribution >= 0.6 is 11.3 Å². The molecule has 0 fully saturated rings. The minimum atomic E-state index is -0.296. The molecule has 0 aliphatic heterocycles. The number of nitrogens with zero attached hydrogens (tertiary/aromatic N) is 1. The molecular formula is C32H46N3O3S+. The van der Waals surface area contributed by atoms with Gasteiger partial charge in [0.2, 0.25) is 5.51 Å². The number of nitrogens with one attached hydrogen (secondary N) is 2. The summed E-state index contributed by atoms with van der Waals surface area (Å²) in [5, 5.41) is 7.94. The van der Waals surface area contributed by atoms with Crippen molar-refractivity contribution in [3.8, 4) is 11.5 Å². The summed E-state index contributed by atoms with van der Waals surface area (Å²) < 4.78 is 13.6. The van der Waals surface area contributed by atoms with Gasteiger partial charge in [-0.15, -0.1) is 0 Å². The summed E-state index contributed by atoms with van der Waals surface area (Å²) in [6, 6.07) is 13.0. The number of rotatable bonds is 19. The van der Waals surface area contributed by atoms with Gasteiger partial charge in [-0.05, 0) is 24.6 Å². The lowest BCUT2D eigenvalue weighted by Crippen LogP contribution is -2.31. The minimum absolute atomic E-state index is 0.296. The highest BCUT2D eigenvalue weighted by molar-refractivity contribution is 7.07. The van der Waals surface area contributed by atoms with Gasteiger partial charge in [0.1, 0.15) is 0 Å². The SMILES string of the molecule is CCCCCCCCCCCCCCOc1cc(NC(=O)Nc2ccccc2C[n+]2ccsc2)ccc1OC. The standard InChI is InChI=1S/C32H45N3O3S/c1-3-4-5-6-7-8-9-10-11-12-13-16-22-38-31-24-28(19-20-30(31)37-2)33-32(36)34-29-18-15-14-17-27(29)25-35-21-23-39-26-35/h14-15,17-21,23-24,26H,3-13,16,22,25H2,1-2H3,(H-,33,34,36)/p+1. The summed E-state index contributed by atoms with van der Waals surface area (Å²) >= 11 is 1.64. The fourth-order valence-corrected chi connectivity index (χ4v) is 5.20. The Morgan fingerprint density at radius 2 is 1.54 bits per heavy atom. The van der Waals surface area contributed by atoms with Crippen molar-refractivity contribution in [2.75, 3.05) is 24.4 Å². The van der Waals surface area contributed by atoms with E-state index in [0.717, 1.165) is 17.7 Å². The van der Waals surface area contributed by atoms with E-state index in [-0.39, 0.29) is 6.03 Å². The number of carbonyl (C=O) groups is 1. The highest BCUT2D eigenvalue weighted by Gasteiger charge is 2.12. The van der Waals surface area contributed by atoms with E-state index in [1.54, 1.807) is 18.4 Å². The fourth-order valence-electron chi connectivity index (χ4n) is 4.61. The van der Waals surface area contributed by atoms with E-state index in [1.165, 1.54) is 70.6 Å². The summed E-state index contributed by atoms with van der Waals surface area (Å²) in [6.45, 7) is 3.60. The zero-order valence-corrected chi connectivity index (χ0v) is 24.6. The molecule has 3 rings (SSSR count). The van der Waals surface area contributed by atoms with Crippen LogP contribution in [0.4, 0.5) is 16.2 Å². The minimum Gasteiger partial charge on any atom is -0.493 e. The van der Waals surface area contributed by atoms with Crippen molar-refractivity contribution in [3.63, 3.8) is 0 Å². The second kappa shape index (κ2) is 18.3. The van der Waals surface area contributed by atoms with E-state index in [4.69, 9.17) is 9.47 Å². The Balaban J connectivity index is 1.38. The van der Waals surface area contributed by atoms with Crippen LogP contribution in [0, 0.1) is 0 Å². The Kier molecular flexibility index (Phi) is 14.3. The molecule has 2 aromatic carbocycles. The fraction of sp³-hybridized carbons (Fsp3) is 0.500. The molecule has 0 bridgehead atoms. The number of benzene rings is 2. The van der Waals surface area contributed by atoms with Gasteiger partial charge in [-0.2, -0.15) is 4.57 Å². The molecule has 0 aliphatic rings. The highest BCUT2D eigenvalue weighted by Crippen LogP contribution is 2.30. The monoisotopic (exact) mass is 552 g/mol. The van der Waals surface area contributed by atoms with Crippen molar-refractivity contribution < 1.29 is 18.8 Å². The summed E-state index contributed by atoms with van der Waals surface area (Å²) in [4.78, 5) is 12.8. The van der Waals surface area contributed by atoms with Crippen molar-refractivity contribution in [1.29, 1.82) is 0 Å². The van der Waals surface area contributed by atoms with Gasteiger partial charge < -0.3 is 20.1 Å². The first-order valence-electron chi connectivity index (χ1n) is 14.6. The molecule has 2 amide bonds. The number of hydrogen-bond acceptors (Lipinski definition) is 4. The first-order valence-corrected chi connectivity index (χ1v) is 15.5. The average Bonchev–Trinajstić information content (AvgIpc) is 3.46. The zero-order valence-electron chi connectivity index (χ0n) is 23.8. The molecule has 0 saturated heterocycles. The predicted octanol–water partition coefficient (Wildman–Crippen LogP) is 8.82. The van der Waals surface area contributed by atoms with Crippen LogP contribution in [-0.4, -0.2) is 19.7 Å². The molecule has 0 aliphatic carbocycles. The van der Waals surface area contributed by atoms with Crippen LogP contribution in [0.5, 0.6) is 11.5 Å². The number of hydrogen-bond donors (Lipinski definition) is 2. The van der Waals surface area contributed by atoms with Crippen molar-refractivity contribution in [2.24, 2.45) is 0 Å². The largest absolute Gasteiger partial charge is 0.493 e. The van der Waals surface area contributed by atoms with Crippen LogP contribution in [0.15, 0.2) is 59.6 Å². The summed E-state index contributed by atoms with van der Waals surface area (Å²) in [6.07, 6.45) is 17.8. The van der Waals surface area contributed by atoms with Gasteiger partial charge in [-0.1, -0.05) is 107 Å². The number of amides is 2. The van der Waals surface area contributed by atoms with Crippen molar-refractivity contribution >= 4 is 28.7 Å². The zero-order chi connectivity index (χ0) is 27.5. The number of thiazole rings is 1. The molecule has 0 unspecified atom stereocenters. The van der Waals surface area contributed by atoms with E-state index in [2.05, 4.69) is 22.1 Å². The van der Waals surface area contributed by atoms with E-state index in [9.17, 15) is 4.79 Å². The molecule has 0 spiro atoms. The maximum absolute atomic E-state index is 12.8. The number of ether oxygens (including phenoxy) is 2. The summed E-state index contributed by atoms with van der Waals surface area (Å²) in [5.74, 6) is 1.31. The number of methoxy groups -OCH3 is 1. The summed E-state index contributed by atoms with van der Waals surface area (Å²) in [7, 11) is 1.63. The first-order chi connectivity index (χ1) is 19.2. The van der Waals surface area contributed by atoms with Gasteiger partial charge in [0, 0.05) is 17.3 Å². The van der Waals surface area contributed by atoms with Gasteiger partial charge >= 0.3 is 6.03 Å². The van der Waals surface area contributed by atoms with Crippen LogP contribution in [0.3, 0.4) is 0 Å². The van der Waals surface area contributed by atoms with Crippen molar-refractivity contribution in [2.45, 2.75) is 90.5 Å². The van der Waals surface area contributed by atoms with Crippen LogP contribution < -0.4 is 24.7 Å². The number of unbranched alkanes of at least 4 members (excludes halogenated alkanes) is 11. The van der Waals surface area contributed by atoms with E-state index < -0.39 is 0 Å². The third-order valence-corrected chi connectivity index (χ3v) is 7.49. The molecule has 0 saturated carbocycles. The molecule has 6 nitrogen and oxygen atoms in total. The molecular weight excluding hydrogens is 506 g/mol. The Labute approximate surface area is 238 Å². The maximum Gasteiger partial charge on any atom is 0.323 e. The Hall–Kier alpha value is -3.06. The molecule has 1 aromatic heterocycles. The Morgan fingerprint density at radius 1 is 0.846 bits per heavy atom. The molecule has 0 radical (unpaired) electrons. The van der Waals surface area contributed by atoms with Crippen LogP contribution in [0.25, 0.3) is 0 Å². The lowest BCUT2D eigenvalue weighted by atomic mass is 10.1. The molecule has 212 valence electrons. The van der Waals surface area contributed by atoms with Crippen LogP contribution in [-0.2, 0) is 6.54 Å². The molecule has 0 atom stereocenters. The molecule has 2 N–H and O–H groups in total. The number of urea groups is 1. The van der Waals surface area contributed by atoms with Crippen molar-refractivity contribution in [3.05, 3.63) is 65.1 Å². The van der Waals surface area contributed by atoms with Crippen molar-refractivity contribution in [1.82, 2.24) is 0 Å². The van der Waals surface area contributed by atoms with Gasteiger partial charge in [-0.25, -0.2) is 4.79 Å². The van der Waals surface area contributed by atoms with Gasteiger partial charge in [0.15, 0.2) is 24.2 Å². The first kappa shape index (κ1) is 30.5. The Morgan fingerprint density at radius 3 is 2.21 bits per heavy atom. The Bertz CT molecular complexity index is 1090. The lowest BCUT2D eigenvalue weighted by Gasteiger charge is -2.14. The smallest absolute Gasteiger partial charge is 0.323 e. The summed E-state index contributed by atoms with van der Waals surface area (Å²) in [5.41, 5.74) is 4.53. The maximum atomic E-state index is 12.8.